The monoisotopic (exact) mass is 279 g/mol. The summed E-state index contributed by atoms with van der Waals surface area (Å²) in [6, 6.07) is 9.77. The fourth-order valence-electron chi connectivity index (χ4n) is 2.69. The summed E-state index contributed by atoms with van der Waals surface area (Å²) in [7, 11) is 0. The first-order valence-corrected chi connectivity index (χ1v) is 6.88. The predicted octanol–water partition coefficient (Wildman–Crippen LogP) is 2.87. The van der Waals surface area contributed by atoms with E-state index in [4.69, 9.17) is 5.73 Å². The van der Waals surface area contributed by atoms with Crippen LogP contribution in [0.15, 0.2) is 36.7 Å². The summed E-state index contributed by atoms with van der Waals surface area (Å²) in [4.78, 5) is 19.2. The minimum Gasteiger partial charge on any atom is -0.366 e. The Morgan fingerprint density at radius 2 is 2.05 bits per heavy atom. The number of para-hydroxylation sites is 1. The lowest BCUT2D eigenvalue weighted by Crippen LogP contribution is -2.15. The van der Waals surface area contributed by atoms with E-state index in [1.54, 1.807) is 6.33 Å². The van der Waals surface area contributed by atoms with Crippen LogP contribution in [0.1, 0.15) is 32.6 Å². The number of aromatic amines is 1. The number of hydrogen-bond acceptors (Lipinski definition) is 2. The molecule has 21 heavy (non-hydrogen) atoms. The molecule has 0 saturated heterocycles. The highest BCUT2D eigenvalue weighted by molar-refractivity contribution is 5.95. The Bertz CT molecular complexity index is 833. The number of carbonyl (C=O) groups excluding carboxylic acids is 1. The van der Waals surface area contributed by atoms with Gasteiger partial charge in [0, 0.05) is 12.0 Å². The zero-order chi connectivity index (χ0) is 15.0. The minimum absolute atomic E-state index is 0.387. The molecule has 1 aromatic heterocycles. The van der Waals surface area contributed by atoms with Gasteiger partial charge in [-0.3, -0.25) is 4.79 Å². The lowest BCUT2D eigenvalue weighted by atomic mass is 9.92. The number of nitrogens with one attached hydrogen (secondary N) is 1. The van der Waals surface area contributed by atoms with Gasteiger partial charge in [-0.15, -0.1) is 0 Å². The molecular formula is C17H17N3O. The largest absolute Gasteiger partial charge is 0.366 e. The Kier molecular flexibility index (Phi) is 3.22. The van der Waals surface area contributed by atoms with Gasteiger partial charge in [0.15, 0.2) is 0 Å². The van der Waals surface area contributed by atoms with Gasteiger partial charge in [-0.1, -0.05) is 18.2 Å². The topological polar surface area (TPSA) is 71.8 Å². The normalized spacial score (nSPS) is 11.0. The van der Waals surface area contributed by atoms with Crippen LogP contribution in [-0.2, 0) is 6.42 Å². The summed E-state index contributed by atoms with van der Waals surface area (Å²) in [6.07, 6.45) is 2.33. The third-order valence-electron chi connectivity index (χ3n) is 4.04. The first kappa shape index (κ1) is 13.4. The van der Waals surface area contributed by atoms with Crippen molar-refractivity contribution in [2.24, 2.45) is 5.73 Å². The van der Waals surface area contributed by atoms with Crippen molar-refractivity contribution in [3.8, 4) is 0 Å². The van der Waals surface area contributed by atoms with E-state index in [0.29, 0.717) is 12.0 Å². The van der Waals surface area contributed by atoms with Crippen LogP contribution in [0.4, 0.5) is 0 Å². The number of fused-ring (bicyclic) bond motifs is 1. The van der Waals surface area contributed by atoms with Crippen molar-refractivity contribution in [3.05, 3.63) is 64.5 Å². The summed E-state index contributed by atoms with van der Waals surface area (Å²) < 4.78 is 0. The number of benzene rings is 2. The molecule has 4 nitrogen and oxygen atoms in total. The van der Waals surface area contributed by atoms with Gasteiger partial charge < -0.3 is 10.7 Å². The summed E-state index contributed by atoms with van der Waals surface area (Å²) in [6.45, 7) is 4.07. The second kappa shape index (κ2) is 5.05. The van der Waals surface area contributed by atoms with Crippen LogP contribution in [0.3, 0.4) is 0 Å². The van der Waals surface area contributed by atoms with E-state index < -0.39 is 0 Å². The number of carbonyl (C=O) groups is 1. The molecule has 0 aliphatic rings. The Hall–Kier alpha value is -2.62. The van der Waals surface area contributed by atoms with Crippen molar-refractivity contribution in [2.75, 3.05) is 0 Å². The first-order valence-electron chi connectivity index (χ1n) is 6.88. The number of amides is 1. The van der Waals surface area contributed by atoms with E-state index in [0.717, 1.165) is 33.3 Å². The molecule has 3 aromatic rings. The van der Waals surface area contributed by atoms with Gasteiger partial charge in [-0.05, 0) is 48.2 Å². The van der Waals surface area contributed by atoms with Crippen molar-refractivity contribution in [1.82, 2.24) is 9.97 Å². The zero-order valence-corrected chi connectivity index (χ0v) is 12.1. The summed E-state index contributed by atoms with van der Waals surface area (Å²) in [5.74, 6) is -0.387. The molecule has 1 amide bonds. The molecule has 0 aliphatic heterocycles. The van der Waals surface area contributed by atoms with Crippen molar-refractivity contribution < 1.29 is 4.79 Å². The van der Waals surface area contributed by atoms with Crippen LogP contribution < -0.4 is 5.73 Å². The maximum absolute atomic E-state index is 11.7. The number of rotatable bonds is 3. The molecule has 106 valence electrons. The van der Waals surface area contributed by atoms with Crippen molar-refractivity contribution in [2.45, 2.75) is 20.3 Å². The van der Waals surface area contributed by atoms with E-state index >= 15 is 0 Å². The fraction of sp³-hybridized carbons (Fsp3) is 0.176. The number of primary amides is 1. The molecule has 0 fully saturated rings. The molecule has 4 heteroatoms. The molecule has 3 rings (SSSR count). The molecule has 0 atom stereocenters. The number of H-pyrrole nitrogens is 1. The standard InChI is InChI=1S/C17H17N3O/c1-10-6-7-13(17(18)21)14(11(10)2)8-12-4-3-5-15-16(12)20-9-19-15/h3-7,9H,8H2,1-2H3,(H2,18,21)(H,19,20). The van der Waals surface area contributed by atoms with E-state index in [2.05, 4.69) is 9.97 Å². The number of hydrogen-bond donors (Lipinski definition) is 2. The molecule has 0 aliphatic carbocycles. The highest BCUT2D eigenvalue weighted by atomic mass is 16.1. The van der Waals surface area contributed by atoms with E-state index in [1.807, 2.05) is 44.2 Å². The Balaban J connectivity index is 2.15. The van der Waals surface area contributed by atoms with E-state index in [-0.39, 0.29) is 5.91 Å². The van der Waals surface area contributed by atoms with Gasteiger partial charge in [0.25, 0.3) is 0 Å². The van der Waals surface area contributed by atoms with Gasteiger partial charge in [-0.25, -0.2) is 4.98 Å². The molecule has 0 unspecified atom stereocenters. The van der Waals surface area contributed by atoms with Crippen LogP contribution in [0, 0.1) is 13.8 Å². The van der Waals surface area contributed by atoms with Crippen LogP contribution in [0.2, 0.25) is 0 Å². The Morgan fingerprint density at radius 1 is 1.24 bits per heavy atom. The lowest BCUT2D eigenvalue weighted by molar-refractivity contribution is 0.0999. The quantitative estimate of drug-likeness (QED) is 0.773. The Labute approximate surface area is 123 Å². The first-order chi connectivity index (χ1) is 10.1. The zero-order valence-electron chi connectivity index (χ0n) is 12.1. The summed E-state index contributed by atoms with van der Waals surface area (Å²) in [5.41, 5.74) is 12.4. The average Bonchev–Trinajstić information content (AvgIpc) is 2.93. The molecule has 1 heterocycles. The van der Waals surface area contributed by atoms with E-state index in [1.165, 1.54) is 0 Å². The number of imidazole rings is 1. The van der Waals surface area contributed by atoms with Gasteiger partial charge in [0.2, 0.25) is 5.91 Å². The van der Waals surface area contributed by atoms with Gasteiger partial charge in [0.05, 0.1) is 17.4 Å². The molecule has 0 spiro atoms. The number of nitrogens with zero attached hydrogens (tertiary/aromatic N) is 1. The molecule has 3 N–H and O–H groups in total. The molecule has 2 aromatic carbocycles. The Morgan fingerprint density at radius 3 is 2.81 bits per heavy atom. The van der Waals surface area contributed by atoms with Crippen molar-refractivity contribution in [3.63, 3.8) is 0 Å². The van der Waals surface area contributed by atoms with Gasteiger partial charge in [0.1, 0.15) is 0 Å². The molecule has 0 saturated carbocycles. The van der Waals surface area contributed by atoms with Crippen LogP contribution in [0.25, 0.3) is 11.0 Å². The van der Waals surface area contributed by atoms with Gasteiger partial charge >= 0.3 is 0 Å². The second-order valence-electron chi connectivity index (χ2n) is 5.29. The third-order valence-corrected chi connectivity index (χ3v) is 4.04. The summed E-state index contributed by atoms with van der Waals surface area (Å²) in [5, 5.41) is 0. The van der Waals surface area contributed by atoms with Gasteiger partial charge in [-0.2, -0.15) is 0 Å². The highest BCUT2D eigenvalue weighted by Crippen LogP contribution is 2.24. The number of aryl methyl sites for hydroxylation is 1. The molecular weight excluding hydrogens is 262 g/mol. The number of aromatic nitrogens is 2. The highest BCUT2D eigenvalue weighted by Gasteiger charge is 2.14. The summed E-state index contributed by atoms with van der Waals surface area (Å²) >= 11 is 0. The molecule has 0 radical (unpaired) electrons. The second-order valence-corrected chi connectivity index (χ2v) is 5.29. The SMILES string of the molecule is Cc1ccc(C(N)=O)c(Cc2cccc3[nH]cnc23)c1C. The minimum atomic E-state index is -0.387. The van der Waals surface area contributed by atoms with Crippen molar-refractivity contribution in [1.29, 1.82) is 0 Å². The molecule has 0 bridgehead atoms. The smallest absolute Gasteiger partial charge is 0.248 e. The van der Waals surface area contributed by atoms with Crippen molar-refractivity contribution >= 4 is 16.9 Å². The van der Waals surface area contributed by atoms with Crippen LogP contribution in [-0.4, -0.2) is 15.9 Å². The maximum atomic E-state index is 11.7. The fourth-order valence-corrected chi connectivity index (χ4v) is 2.69. The van der Waals surface area contributed by atoms with E-state index in [9.17, 15) is 4.79 Å². The van der Waals surface area contributed by atoms with Crippen LogP contribution in [0.5, 0.6) is 0 Å². The lowest BCUT2D eigenvalue weighted by Gasteiger charge is -2.13. The van der Waals surface area contributed by atoms with Crippen LogP contribution >= 0.6 is 0 Å². The third kappa shape index (κ3) is 2.29. The maximum Gasteiger partial charge on any atom is 0.248 e. The predicted molar refractivity (Wildman–Crippen MR) is 83.3 cm³/mol. The average molecular weight is 279 g/mol. The number of nitrogens with two attached hydrogens (primary N) is 1.